The van der Waals surface area contributed by atoms with Crippen LogP contribution in [0.2, 0.25) is 0 Å². The molecule has 3 heteroatoms. The fraction of sp³-hybridized carbons (Fsp3) is 0.933. The number of nitrogens with one attached hydrogen (secondary N) is 1. The highest BCUT2D eigenvalue weighted by Gasteiger charge is 2.25. The first kappa shape index (κ1) is 15.5. The van der Waals surface area contributed by atoms with Crippen LogP contribution in [-0.2, 0) is 4.79 Å². The molecule has 1 aliphatic rings. The predicted octanol–water partition coefficient (Wildman–Crippen LogP) is 2.80. The van der Waals surface area contributed by atoms with E-state index in [1.165, 1.54) is 25.7 Å². The summed E-state index contributed by atoms with van der Waals surface area (Å²) < 4.78 is 0. The average molecular weight is 254 g/mol. The molecule has 18 heavy (non-hydrogen) atoms. The summed E-state index contributed by atoms with van der Waals surface area (Å²) in [5.74, 6) is 1.05. The van der Waals surface area contributed by atoms with Gasteiger partial charge < -0.3 is 10.2 Å². The van der Waals surface area contributed by atoms with Crippen molar-refractivity contribution in [1.82, 2.24) is 10.2 Å². The highest BCUT2D eigenvalue weighted by Crippen LogP contribution is 2.26. The molecule has 2 atom stereocenters. The van der Waals surface area contributed by atoms with E-state index in [9.17, 15) is 4.79 Å². The topological polar surface area (TPSA) is 32.3 Å². The minimum Gasteiger partial charge on any atom is -0.343 e. The minimum atomic E-state index is 0.0954. The van der Waals surface area contributed by atoms with Crippen LogP contribution in [0.25, 0.3) is 0 Å². The third kappa shape index (κ3) is 5.38. The number of carbonyl (C=O) groups is 1. The van der Waals surface area contributed by atoms with Gasteiger partial charge in [0, 0.05) is 31.6 Å². The molecule has 1 saturated carbocycles. The molecule has 1 fully saturated rings. The molecule has 1 amide bonds. The van der Waals surface area contributed by atoms with E-state index in [0.29, 0.717) is 12.5 Å². The van der Waals surface area contributed by atoms with Gasteiger partial charge in [-0.1, -0.05) is 19.8 Å². The molecule has 2 unspecified atom stereocenters. The van der Waals surface area contributed by atoms with Crippen LogP contribution in [0.4, 0.5) is 0 Å². The molecule has 0 saturated heterocycles. The Kier molecular flexibility index (Phi) is 5.64. The molecule has 3 nitrogen and oxygen atoms in total. The van der Waals surface area contributed by atoms with Crippen molar-refractivity contribution < 1.29 is 4.79 Å². The van der Waals surface area contributed by atoms with Gasteiger partial charge in [0.25, 0.3) is 0 Å². The molecule has 1 aliphatic carbocycles. The van der Waals surface area contributed by atoms with Crippen molar-refractivity contribution in [2.24, 2.45) is 5.92 Å². The third-order valence-corrected chi connectivity index (χ3v) is 3.84. The van der Waals surface area contributed by atoms with E-state index in [4.69, 9.17) is 0 Å². The number of nitrogens with zero attached hydrogens (tertiary/aromatic N) is 1. The Morgan fingerprint density at radius 1 is 1.33 bits per heavy atom. The molecule has 0 spiro atoms. The molecular weight excluding hydrogens is 224 g/mol. The summed E-state index contributed by atoms with van der Waals surface area (Å²) in [4.78, 5) is 14.1. The van der Waals surface area contributed by atoms with Crippen molar-refractivity contribution in [3.8, 4) is 0 Å². The van der Waals surface area contributed by atoms with Gasteiger partial charge in [0.05, 0.1) is 0 Å². The van der Waals surface area contributed by atoms with Gasteiger partial charge in [-0.25, -0.2) is 0 Å². The zero-order chi connectivity index (χ0) is 13.8. The lowest BCUT2D eigenvalue weighted by atomic mass is 9.86. The second-order valence-corrected chi connectivity index (χ2v) is 6.86. The first-order valence-corrected chi connectivity index (χ1v) is 7.30. The van der Waals surface area contributed by atoms with Crippen LogP contribution in [0, 0.1) is 5.92 Å². The maximum absolute atomic E-state index is 12.1. The Bertz CT molecular complexity index is 270. The fourth-order valence-electron chi connectivity index (χ4n) is 2.68. The second-order valence-electron chi connectivity index (χ2n) is 6.86. The molecule has 0 heterocycles. The lowest BCUT2D eigenvalue weighted by molar-refractivity contribution is -0.132. The molecule has 1 rings (SSSR count). The lowest BCUT2D eigenvalue weighted by Gasteiger charge is -2.34. The first-order valence-electron chi connectivity index (χ1n) is 7.30. The van der Waals surface area contributed by atoms with Crippen molar-refractivity contribution >= 4 is 5.91 Å². The SMILES string of the molecule is CC1CCCC(N(C)C(=O)CCNC(C)(C)C)C1. The van der Waals surface area contributed by atoms with Crippen molar-refractivity contribution in [2.45, 2.75) is 71.4 Å². The normalized spacial score (nSPS) is 24.9. The maximum Gasteiger partial charge on any atom is 0.223 e. The molecule has 0 bridgehead atoms. The lowest BCUT2D eigenvalue weighted by Crippen LogP contribution is -2.42. The van der Waals surface area contributed by atoms with Gasteiger partial charge in [0.1, 0.15) is 0 Å². The molecule has 0 radical (unpaired) electrons. The minimum absolute atomic E-state index is 0.0954. The van der Waals surface area contributed by atoms with Crippen LogP contribution >= 0.6 is 0 Å². The molecule has 0 aromatic rings. The summed E-state index contributed by atoms with van der Waals surface area (Å²) in [5, 5.41) is 3.37. The van der Waals surface area contributed by atoms with Gasteiger partial charge in [-0.3, -0.25) is 4.79 Å². The van der Waals surface area contributed by atoms with Crippen molar-refractivity contribution in [3.05, 3.63) is 0 Å². The van der Waals surface area contributed by atoms with Crippen LogP contribution < -0.4 is 5.32 Å². The fourth-order valence-corrected chi connectivity index (χ4v) is 2.68. The van der Waals surface area contributed by atoms with Crippen molar-refractivity contribution in [3.63, 3.8) is 0 Å². The van der Waals surface area contributed by atoms with E-state index in [-0.39, 0.29) is 11.4 Å². The van der Waals surface area contributed by atoms with E-state index in [0.717, 1.165) is 12.5 Å². The molecular formula is C15H30N2O. The Hall–Kier alpha value is -0.570. The van der Waals surface area contributed by atoms with Crippen LogP contribution in [0.3, 0.4) is 0 Å². The van der Waals surface area contributed by atoms with Crippen molar-refractivity contribution in [2.75, 3.05) is 13.6 Å². The Balaban J connectivity index is 2.32. The Labute approximate surface area is 112 Å². The number of amides is 1. The maximum atomic E-state index is 12.1. The summed E-state index contributed by atoms with van der Waals surface area (Å²) in [5.41, 5.74) is 0.0954. The van der Waals surface area contributed by atoms with Gasteiger partial charge in [-0.2, -0.15) is 0 Å². The smallest absolute Gasteiger partial charge is 0.223 e. The zero-order valence-corrected chi connectivity index (χ0v) is 12.8. The number of hydrogen-bond donors (Lipinski definition) is 1. The Morgan fingerprint density at radius 3 is 2.56 bits per heavy atom. The van der Waals surface area contributed by atoms with E-state index in [1.54, 1.807) is 0 Å². The second kappa shape index (κ2) is 6.55. The number of carbonyl (C=O) groups excluding carboxylic acids is 1. The van der Waals surface area contributed by atoms with E-state index >= 15 is 0 Å². The summed E-state index contributed by atoms with van der Waals surface area (Å²) in [6.45, 7) is 9.46. The number of rotatable bonds is 4. The first-order chi connectivity index (χ1) is 8.29. The van der Waals surface area contributed by atoms with E-state index in [2.05, 4.69) is 33.0 Å². The summed E-state index contributed by atoms with van der Waals surface area (Å²) in [6.07, 6.45) is 5.56. The molecule has 0 aliphatic heterocycles. The summed E-state index contributed by atoms with van der Waals surface area (Å²) in [7, 11) is 1.97. The quantitative estimate of drug-likeness (QED) is 0.836. The van der Waals surface area contributed by atoms with Gasteiger partial charge in [0.15, 0.2) is 0 Å². The van der Waals surface area contributed by atoms with Gasteiger partial charge >= 0.3 is 0 Å². The number of hydrogen-bond acceptors (Lipinski definition) is 2. The van der Waals surface area contributed by atoms with Crippen LogP contribution in [0.1, 0.15) is 59.8 Å². The highest BCUT2D eigenvalue weighted by molar-refractivity contribution is 5.76. The monoisotopic (exact) mass is 254 g/mol. The van der Waals surface area contributed by atoms with E-state index in [1.807, 2.05) is 11.9 Å². The van der Waals surface area contributed by atoms with Gasteiger partial charge in [0.2, 0.25) is 5.91 Å². The average Bonchev–Trinajstić information content (AvgIpc) is 2.26. The standard InChI is InChI=1S/C15H30N2O/c1-12-7-6-8-13(11-12)17(5)14(18)9-10-16-15(2,3)4/h12-13,16H,6-11H2,1-5H3. The van der Waals surface area contributed by atoms with Crippen LogP contribution in [0.15, 0.2) is 0 Å². The molecule has 1 N–H and O–H groups in total. The molecule has 0 aromatic heterocycles. The Morgan fingerprint density at radius 2 is 2.00 bits per heavy atom. The third-order valence-electron chi connectivity index (χ3n) is 3.84. The zero-order valence-electron chi connectivity index (χ0n) is 12.8. The van der Waals surface area contributed by atoms with Crippen LogP contribution in [-0.4, -0.2) is 36.0 Å². The molecule has 0 aromatic carbocycles. The van der Waals surface area contributed by atoms with Crippen molar-refractivity contribution in [1.29, 1.82) is 0 Å². The van der Waals surface area contributed by atoms with Crippen LogP contribution in [0.5, 0.6) is 0 Å². The van der Waals surface area contributed by atoms with Gasteiger partial charge in [-0.15, -0.1) is 0 Å². The summed E-state index contributed by atoms with van der Waals surface area (Å²) >= 11 is 0. The molecule has 106 valence electrons. The highest BCUT2D eigenvalue weighted by atomic mass is 16.2. The van der Waals surface area contributed by atoms with Gasteiger partial charge in [-0.05, 0) is 39.5 Å². The predicted molar refractivity (Wildman–Crippen MR) is 76.6 cm³/mol. The van der Waals surface area contributed by atoms with E-state index < -0.39 is 0 Å². The summed E-state index contributed by atoms with van der Waals surface area (Å²) in [6, 6.07) is 0.468. The largest absolute Gasteiger partial charge is 0.343 e.